The number of carboxylic acid groups (broad SMARTS) is 1. The van der Waals surface area contributed by atoms with E-state index in [9.17, 15) is 4.79 Å². The number of aliphatic hydroxyl groups is 1. The van der Waals surface area contributed by atoms with Gasteiger partial charge in [0.2, 0.25) is 0 Å². The number of carboxylic acids is 1. The lowest BCUT2D eigenvalue weighted by molar-refractivity contribution is -0.139. The van der Waals surface area contributed by atoms with Gasteiger partial charge in [-0.15, -0.1) is 0 Å². The summed E-state index contributed by atoms with van der Waals surface area (Å²) in [5.74, 6) is 0.260. The minimum absolute atomic E-state index is 0.231. The van der Waals surface area contributed by atoms with Gasteiger partial charge >= 0.3 is 5.97 Å². The average molecular weight is 250 g/mol. The van der Waals surface area contributed by atoms with Crippen molar-refractivity contribution in [1.29, 1.82) is 0 Å². The Kier molecular flexibility index (Phi) is 4.20. The Morgan fingerprint density at radius 3 is 3.00 bits per heavy atom. The Labute approximate surface area is 106 Å². The summed E-state index contributed by atoms with van der Waals surface area (Å²) < 4.78 is 5.31. The van der Waals surface area contributed by atoms with Crippen LogP contribution in [-0.2, 0) is 17.6 Å². The smallest absolute Gasteiger partial charge is 0.341 e. The summed E-state index contributed by atoms with van der Waals surface area (Å²) in [5.41, 5.74) is 2.36. The number of benzene rings is 1. The first-order valence-corrected chi connectivity index (χ1v) is 6.27. The minimum atomic E-state index is -0.957. The summed E-state index contributed by atoms with van der Waals surface area (Å²) in [5, 5.41) is 17.6. The zero-order valence-corrected chi connectivity index (χ0v) is 10.3. The van der Waals surface area contributed by atoms with Crippen molar-refractivity contribution in [2.75, 3.05) is 13.2 Å². The number of hydrogen-bond donors (Lipinski definition) is 2. The molecule has 1 aliphatic rings. The van der Waals surface area contributed by atoms with Crippen molar-refractivity contribution in [2.24, 2.45) is 5.92 Å². The van der Waals surface area contributed by atoms with Gasteiger partial charge in [0.1, 0.15) is 5.75 Å². The Bertz CT molecular complexity index is 428. The number of fused-ring (bicyclic) bond motifs is 1. The molecule has 18 heavy (non-hydrogen) atoms. The molecule has 0 heterocycles. The molecule has 0 amide bonds. The predicted octanol–water partition coefficient (Wildman–Crippen LogP) is 1.64. The highest BCUT2D eigenvalue weighted by atomic mass is 16.5. The summed E-state index contributed by atoms with van der Waals surface area (Å²) >= 11 is 0. The van der Waals surface area contributed by atoms with Crippen LogP contribution in [-0.4, -0.2) is 29.4 Å². The number of carbonyl (C=O) groups is 1. The summed E-state index contributed by atoms with van der Waals surface area (Å²) in [6.45, 7) is -0.0638. The van der Waals surface area contributed by atoms with Gasteiger partial charge in [-0.25, -0.2) is 4.79 Å². The van der Waals surface area contributed by atoms with E-state index in [-0.39, 0.29) is 13.2 Å². The number of rotatable bonds is 5. The number of aliphatic carboxylic acids is 1. The third-order valence-electron chi connectivity index (χ3n) is 3.43. The highest BCUT2D eigenvalue weighted by molar-refractivity contribution is 5.68. The Balaban J connectivity index is 2.11. The van der Waals surface area contributed by atoms with Crippen LogP contribution in [0.1, 0.15) is 24.0 Å². The molecule has 0 aromatic heterocycles. The van der Waals surface area contributed by atoms with Gasteiger partial charge in [0.15, 0.2) is 6.61 Å². The summed E-state index contributed by atoms with van der Waals surface area (Å²) in [6, 6.07) is 5.79. The molecule has 1 unspecified atom stereocenters. The van der Waals surface area contributed by atoms with E-state index in [0.717, 1.165) is 31.2 Å². The van der Waals surface area contributed by atoms with Crippen LogP contribution >= 0.6 is 0 Å². The molecule has 0 radical (unpaired) electrons. The molecule has 1 aromatic rings. The monoisotopic (exact) mass is 250 g/mol. The van der Waals surface area contributed by atoms with Crippen molar-refractivity contribution < 1.29 is 19.7 Å². The molecule has 2 rings (SSSR count). The number of hydrogen-bond acceptors (Lipinski definition) is 3. The molecule has 0 saturated heterocycles. The lowest BCUT2D eigenvalue weighted by atomic mass is 9.82. The molecule has 1 atom stereocenters. The van der Waals surface area contributed by atoms with Crippen molar-refractivity contribution >= 4 is 5.97 Å². The second kappa shape index (κ2) is 5.87. The van der Waals surface area contributed by atoms with Crippen LogP contribution in [0.25, 0.3) is 0 Å². The summed E-state index contributed by atoms with van der Waals surface area (Å²) in [4.78, 5) is 10.5. The molecule has 0 spiro atoms. The largest absolute Gasteiger partial charge is 0.482 e. The van der Waals surface area contributed by atoms with Gasteiger partial charge in [-0.1, -0.05) is 12.1 Å². The second-order valence-corrected chi connectivity index (χ2v) is 4.70. The van der Waals surface area contributed by atoms with Crippen LogP contribution < -0.4 is 4.74 Å². The quantitative estimate of drug-likeness (QED) is 0.833. The fourth-order valence-electron chi connectivity index (χ4n) is 2.55. The van der Waals surface area contributed by atoms with Crippen molar-refractivity contribution in [1.82, 2.24) is 0 Å². The molecule has 2 N–H and O–H groups in total. The van der Waals surface area contributed by atoms with Gasteiger partial charge in [-0.05, 0) is 48.8 Å². The highest BCUT2D eigenvalue weighted by Crippen LogP contribution is 2.33. The molecule has 0 bridgehead atoms. The maximum Gasteiger partial charge on any atom is 0.341 e. The topological polar surface area (TPSA) is 66.8 Å². The van der Waals surface area contributed by atoms with E-state index >= 15 is 0 Å². The Morgan fingerprint density at radius 2 is 2.28 bits per heavy atom. The SMILES string of the molecule is O=C(O)COc1cccc2c1CCC(CCO)C2. The molecule has 0 aliphatic heterocycles. The maximum absolute atomic E-state index is 10.5. The maximum atomic E-state index is 10.5. The van der Waals surface area contributed by atoms with Crippen molar-refractivity contribution in [3.63, 3.8) is 0 Å². The summed E-state index contributed by atoms with van der Waals surface area (Å²) in [7, 11) is 0. The molecule has 1 aromatic carbocycles. The van der Waals surface area contributed by atoms with Gasteiger partial charge in [0, 0.05) is 6.61 Å². The third kappa shape index (κ3) is 3.01. The molecule has 4 nitrogen and oxygen atoms in total. The van der Waals surface area contributed by atoms with Gasteiger partial charge in [0.05, 0.1) is 0 Å². The lowest BCUT2D eigenvalue weighted by Crippen LogP contribution is -2.17. The van der Waals surface area contributed by atoms with E-state index in [1.165, 1.54) is 5.56 Å². The average Bonchev–Trinajstić information content (AvgIpc) is 2.36. The van der Waals surface area contributed by atoms with Crippen molar-refractivity contribution in [3.8, 4) is 5.75 Å². The Morgan fingerprint density at radius 1 is 1.44 bits per heavy atom. The fourth-order valence-corrected chi connectivity index (χ4v) is 2.55. The second-order valence-electron chi connectivity index (χ2n) is 4.70. The zero-order chi connectivity index (χ0) is 13.0. The van der Waals surface area contributed by atoms with Crippen LogP contribution in [0.15, 0.2) is 18.2 Å². The van der Waals surface area contributed by atoms with Crippen molar-refractivity contribution in [3.05, 3.63) is 29.3 Å². The van der Waals surface area contributed by atoms with E-state index in [0.29, 0.717) is 11.7 Å². The van der Waals surface area contributed by atoms with Crippen molar-refractivity contribution in [2.45, 2.75) is 25.7 Å². The van der Waals surface area contributed by atoms with E-state index in [1.807, 2.05) is 12.1 Å². The minimum Gasteiger partial charge on any atom is -0.482 e. The first-order chi connectivity index (χ1) is 8.70. The predicted molar refractivity (Wildman–Crippen MR) is 66.8 cm³/mol. The van der Waals surface area contributed by atoms with Crippen LogP contribution in [0.2, 0.25) is 0 Å². The number of ether oxygens (including phenoxy) is 1. The van der Waals surface area contributed by atoms with E-state index in [1.54, 1.807) is 0 Å². The van der Waals surface area contributed by atoms with E-state index < -0.39 is 5.97 Å². The number of aliphatic hydroxyl groups excluding tert-OH is 1. The highest BCUT2D eigenvalue weighted by Gasteiger charge is 2.21. The molecule has 0 saturated carbocycles. The molecule has 0 fully saturated rings. The first kappa shape index (κ1) is 12.9. The third-order valence-corrected chi connectivity index (χ3v) is 3.43. The van der Waals surface area contributed by atoms with Crippen LogP contribution in [0.3, 0.4) is 0 Å². The molecular formula is C14H18O4. The normalized spacial score (nSPS) is 18.2. The molecule has 4 heteroatoms. The van der Waals surface area contributed by atoms with Gasteiger partial charge in [-0.2, -0.15) is 0 Å². The molecule has 98 valence electrons. The molecule has 1 aliphatic carbocycles. The summed E-state index contributed by atoms with van der Waals surface area (Å²) in [6.07, 6.45) is 3.70. The van der Waals surface area contributed by atoms with Gasteiger partial charge in [-0.3, -0.25) is 0 Å². The van der Waals surface area contributed by atoms with Gasteiger partial charge in [0.25, 0.3) is 0 Å². The van der Waals surface area contributed by atoms with Gasteiger partial charge < -0.3 is 14.9 Å². The van der Waals surface area contributed by atoms with E-state index in [4.69, 9.17) is 14.9 Å². The van der Waals surface area contributed by atoms with Crippen LogP contribution in [0.5, 0.6) is 5.75 Å². The van der Waals surface area contributed by atoms with E-state index in [2.05, 4.69) is 6.07 Å². The standard InChI is InChI=1S/C14H18O4/c15-7-6-10-4-5-12-11(8-10)2-1-3-13(12)18-9-14(16)17/h1-3,10,15H,4-9H2,(H,16,17). The molecular weight excluding hydrogens is 232 g/mol. The lowest BCUT2D eigenvalue weighted by Gasteiger charge is -2.25. The Hall–Kier alpha value is -1.55. The zero-order valence-electron chi connectivity index (χ0n) is 10.3. The van der Waals surface area contributed by atoms with Crippen LogP contribution in [0.4, 0.5) is 0 Å². The fraction of sp³-hybridized carbons (Fsp3) is 0.500. The first-order valence-electron chi connectivity index (χ1n) is 6.27. The van der Waals surface area contributed by atoms with Crippen LogP contribution in [0, 0.1) is 5.92 Å².